The van der Waals surface area contributed by atoms with Gasteiger partial charge >= 0.3 is 6.09 Å². The molecule has 0 aliphatic heterocycles. The van der Waals surface area contributed by atoms with E-state index in [1.54, 1.807) is 0 Å². The Kier molecular flexibility index (Phi) is 2.58. The molecule has 0 aromatic heterocycles. The lowest BCUT2D eigenvalue weighted by molar-refractivity contribution is 0.152. The van der Waals surface area contributed by atoms with Gasteiger partial charge in [0.2, 0.25) is 0 Å². The van der Waals surface area contributed by atoms with Crippen molar-refractivity contribution in [2.75, 3.05) is 7.05 Å². The first kappa shape index (κ1) is 5.87. The van der Waals surface area contributed by atoms with E-state index in [9.17, 15) is 4.79 Å². The third kappa shape index (κ3) is 4.87. The lowest BCUT2D eigenvalue weighted by Gasteiger charge is -1.80. The molecule has 0 rings (SSSR count). The molecule has 40 valence electrons. The Morgan fingerprint density at radius 1 is 1.86 bits per heavy atom. The minimum absolute atomic E-state index is 0.953. The summed E-state index contributed by atoms with van der Waals surface area (Å²) in [5.41, 5.74) is 4.46. The fraction of sp³-hybridized carbons (Fsp3) is 0.500. The number of amides is 1. The zero-order valence-corrected chi connectivity index (χ0v) is 3.79. The summed E-state index contributed by atoms with van der Waals surface area (Å²) in [6, 6.07) is 0. The van der Waals surface area contributed by atoms with Gasteiger partial charge in [-0.05, 0) is 0 Å². The van der Waals surface area contributed by atoms with Gasteiger partial charge in [-0.1, -0.05) is 0 Å². The molecule has 1 amide bonds. The Morgan fingerprint density at radius 2 is 2.43 bits per heavy atom. The summed E-state index contributed by atoms with van der Waals surface area (Å²) in [4.78, 5) is 13.4. The van der Waals surface area contributed by atoms with Crippen molar-refractivity contribution >= 4 is 6.09 Å². The molecular formula is C2H5N3O2. The van der Waals surface area contributed by atoms with Crippen LogP contribution in [0.5, 0.6) is 0 Å². The molecule has 5 heteroatoms. The minimum atomic E-state index is -0.953. The van der Waals surface area contributed by atoms with Gasteiger partial charge in [-0.25, -0.2) is 4.79 Å². The van der Waals surface area contributed by atoms with Crippen molar-refractivity contribution < 1.29 is 9.63 Å². The summed E-state index contributed by atoms with van der Waals surface area (Å²) in [7, 11) is 1.36. The topological polar surface area (TPSA) is 77.0 Å². The molecule has 0 aromatic carbocycles. The minimum Gasteiger partial charge on any atom is -0.333 e. The quantitative estimate of drug-likeness (QED) is 0.376. The highest BCUT2D eigenvalue weighted by atomic mass is 16.7. The average Bonchev–Trinajstić information content (AvgIpc) is 1.61. The Labute approximate surface area is 40.1 Å². The van der Waals surface area contributed by atoms with Gasteiger partial charge in [0.25, 0.3) is 0 Å². The molecule has 0 atom stereocenters. The van der Waals surface area contributed by atoms with Crippen LogP contribution in [0.25, 0.3) is 0 Å². The number of primary amides is 1. The Bertz CT molecular complexity index is 88.9. The van der Waals surface area contributed by atoms with Crippen molar-refractivity contribution in [1.82, 2.24) is 0 Å². The highest BCUT2D eigenvalue weighted by molar-refractivity contribution is 5.64. The molecule has 0 unspecified atom stereocenters. The lowest BCUT2D eigenvalue weighted by atomic mass is 11.3. The van der Waals surface area contributed by atoms with Gasteiger partial charge in [0, 0.05) is 5.28 Å². The SMILES string of the molecule is CN=NOC(N)=O. The van der Waals surface area contributed by atoms with Crippen molar-refractivity contribution in [2.45, 2.75) is 0 Å². The number of nitrogens with two attached hydrogens (primary N) is 1. The van der Waals surface area contributed by atoms with Crippen LogP contribution in [-0.4, -0.2) is 13.1 Å². The second kappa shape index (κ2) is 3.08. The number of nitrogens with zero attached hydrogens (tertiary/aromatic N) is 2. The number of carbonyl (C=O) groups excluding carboxylic acids is 1. The lowest BCUT2D eigenvalue weighted by Crippen LogP contribution is -2.08. The van der Waals surface area contributed by atoms with Crippen molar-refractivity contribution in [3.8, 4) is 0 Å². The summed E-state index contributed by atoms with van der Waals surface area (Å²) < 4.78 is 0. The number of rotatable bonds is 1. The predicted molar refractivity (Wildman–Crippen MR) is 21.4 cm³/mol. The van der Waals surface area contributed by atoms with Crippen molar-refractivity contribution in [1.29, 1.82) is 0 Å². The summed E-state index contributed by atoms with van der Waals surface area (Å²) in [5, 5.41) is 5.90. The highest BCUT2D eigenvalue weighted by Crippen LogP contribution is 1.72. The second-order valence-corrected chi connectivity index (χ2v) is 0.692. The molecule has 5 nitrogen and oxygen atoms in total. The van der Waals surface area contributed by atoms with Gasteiger partial charge in [-0.15, -0.1) is 0 Å². The third-order valence-electron chi connectivity index (χ3n) is 0.212. The highest BCUT2D eigenvalue weighted by Gasteiger charge is 1.84. The van der Waals surface area contributed by atoms with E-state index in [2.05, 4.69) is 21.0 Å². The van der Waals surface area contributed by atoms with Crippen molar-refractivity contribution in [3.63, 3.8) is 0 Å². The molecule has 7 heavy (non-hydrogen) atoms. The van der Waals surface area contributed by atoms with Crippen LogP contribution < -0.4 is 5.73 Å². The standard InChI is InChI=1S/C2H5N3O2/c1-4-5-7-2(3)6/h1H3,(H2,3,6). The molecule has 0 spiro atoms. The van der Waals surface area contributed by atoms with E-state index in [0.29, 0.717) is 0 Å². The molecule has 0 saturated carbocycles. The molecule has 0 aliphatic rings. The Morgan fingerprint density at radius 3 is 2.57 bits per heavy atom. The molecular weight excluding hydrogens is 98.0 g/mol. The van der Waals surface area contributed by atoms with Gasteiger partial charge < -0.3 is 5.73 Å². The van der Waals surface area contributed by atoms with Gasteiger partial charge in [-0.3, -0.25) is 4.84 Å². The molecule has 0 bridgehead atoms. The summed E-state index contributed by atoms with van der Waals surface area (Å²) in [6.45, 7) is 0. The monoisotopic (exact) mass is 103 g/mol. The maximum atomic E-state index is 9.60. The van der Waals surface area contributed by atoms with E-state index >= 15 is 0 Å². The van der Waals surface area contributed by atoms with Gasteiger partial charge in [0.15, 0.2) is 0 Å². The first-order chi connectivity index (χ1) is 3.27. The summed E-state index contributed by atoms with van der Waals surface area (Å²) >= 11 is 0. The van der Waals surface area contributed by atoms with Crippen LogP contribution in [0.2, 0.25) is 0 Å². The maximum absolute atomic E-state index is 9.60. The predicted octanol–water partition coefficient (Wildman–Crippen LogP) is 0.0787. The van der Waals surface area contributed by atoms with Crippen LogP contribution in [0, 0.1) is 0 Å². The van der Waals surface area contributed by atoms with E-state index in [1.165, 1.54) is 7.05 Å². The zero-order valence-electron chi connectivity index (χ0n) is 3.79. The smallest absolute Gasteiger partial charge is 0.333 e. The molecule has 0 saturated heterocycles. The molecule has 0 fully saturated rings. The fourth-order valence-electron chi connectivity index (χ4n) is 0.0811. The van der Waals surface area contributed by atoms with E-state index in [0.717, 1.165) is 0 Å². The van der Waals surface area contributed by atoms with E-state index < -0.39 is 6.09 Å². The van der Waals surface area contributed by atoms with Gasteiger partial charge in [0.1, 0.15) is 0 Å². The Hall–Kier alpha value is -1.13. The molecule has 0 radical (unpaired) electrons. The third-order valence-corrected chi connectivity index (χ3v) is 0.212. The van der Waals surface area contributed by atoms with E-state index in [-0.39, 0.29) is 0 Å². The summed E-state index contributed by atoms with van der Waals surface area (Å²) in [5.74, 6) is 0. The molecule has 0 aromatic rings. The molecule has 0 heterocycles. The van der Waals surface area contributed by atoms with Gasteiger partial charge in [-0.2, -0.15) is 5.11 Å². The first-order valence-corrected chi connectivity index (χ1v) is 1.53. The van der Waals surface area contributed by atoms with Crippen molar-refractivity contribution in [3.05, 3.63) is 0 Å². The number of hydrogen-bond acceptors (Lipinski definition) is 4. The van der Waals surface area contributed by atoms with Gasteiger partial charge in [0.05, 0.1) is 7.05 Å². The number of hydrogen-bond donors (Lipinski definition) is 1. The van der Waals surface area contributed by atoms with Crippen LogP contribution in [0.15, 0.2) is 10.4 Å². The van der Waals surface area contributed by atoms with Crippen LogP contribution in [0.4, 0.5) is 4.79 Å². The average molecular weight is 103 g/mol. The normalized spacial score (nSPS) is 9.29. The number of carbonyl (C=O) groups is 1. The van der Waals surface area contributed by atoms with E-state index in [4.69, 9.17) is 0 Å². The van der Waals surface area contributed by atoms with Crippen molar-refractivity contribution in [2.24, 2.45) is 16.1 Å². The second-order valence-electron chi connectivity index (χ2n) is 0.692. The maximum Gasteiger partial charge on any atom is 0.432 e. The molecule has 2 N–H and O–H groups in total. The zero-order chi connectivity index (χ0) is 5.70. The van der Waals surface area contributed by atoms with Crippen LogP contribution in [0.3, 0.4) is 0 Å². The van der Waals surface area contributed by atoms with Crippen LogP contribution >= 0.6 is 0 Å². The van der Waals surface area contributed by atoms with E-state index in [1.807, 2.05) is 0 Å². The first-order valence-electron chi connectivity index (χ1n) is 1.53. The van der Waals surface area contributed by atoms with Crippen LogP contribution in [-0.2, 0) is 4.84 Å². The Balaban J connectivity index is 3.14. The molecule has 0 aliphatic carbocycles. The fourth-order valence-corrected chi connectivity index (χ4v) is 0.0811. The summed E-state index contributed by atoms with van der Waals surface area (Å²) in [6.07, 6.45) is -0.953. The van der Waals surface area contributed by atoms with Crippen LogP contribution in [0.1, 0.15) is 0 Å². The largest absolute Gasteiger partial charge is 0.432 e.